The Balaban J connectivity index is 2.71. The number of aromatic nitrogens is 2. The molecule has 0 aliphatic heterocycles. The Kier molecular flexibility index (Phi) is 7.09. The first kappa shape index (κ1) is 16.2. The number of hydrogen-bond donors (Lipinski definition) is 1. The van der Waals surface area contributed by atoms with E-state index >= 15 is 0 Å². The molecule has 0 spiro atoms. The van der Waals surface area contributed by atoms with E-state index in [9.17, 15) is 4.79 Å². The van der Waals surface area contributed by atoms with Crippen LogP contribution < -0.4 is 10.9 Å². The second kappa shape index (κ2) is 8.32. The lowest BCUT2D eigenvalue weighted by molar-refractivity contribution is 0.0855. The van der Waals surface area contributed by atoms with Crippen molar-refractivity contribution < 1.29 is 4.74 Å². The fourth-order valence-corrected chi connectivity index (χ4v) is 2.10. The van der Waals surface area contributed by atoms with Gasteiger partial charge in [0.25, 0.3) is 5.56 Å². The van der Waals surface area contributed by atoms with E-state index in [2.05, 4.69) is 33.3 Å². The van der Waals surface area contributed by atoms with Crippen LogP contribution >= 0.6 is 15.9 Å². The van der Waals surface area contributed by atoms with Crippen molar-refractivity contribution >= 4 is 21.6 Å². The quantitative estimate of drug-likeness (QED) is 0.795. The molecule has 1 heterocycles. The van der Waals surface area contributed by atoms with Gasteiger partial charge in [-0.15, -0.1) is 0 Å². The van der Waals surface area contributed by atoms with Crippen molar-refractivity contribution in [1.82, 2.24) is 9.78 Å². The summed E-state index contributed by atoms with van der Waals surface area (Å²) in [6.45, 7) is 8.02. The van der Waals surface area contributed by atoms with E-state index < -0.39 is 0 Å². The number of halogens is 1. The van der Waals surface area contributed by atoms with E-state index in [1.165, 1.54) is 4.68 Å². The summed E-state index contributed by atoms with van der Waals surface area (Å²) < 4.78 is 7.45. The molecule has 0 radical (unpaired) electrons. The Labute approximate surface area is 122 Å². The largest absolute Gasteiger partial charge is 0.380 e. The Hall–Kier alpha value is -0.880. The monoisotopic (exact) mass is 331 g/mol. The highest BCUT2D eigenvalue weighted by molar-refractivity contribution is 9.10. The molecule has 1 atom stereocenters. The summed E-state index contributed by atoms with van der Waals surface area (Å²) >= 11 is 3.34. The van der Waals surface area contributed by atoms with Crippen LogP contribution in [0.1, 0.15) is 33.6 Å². The van der Waals surface area contributed by atoms with Crippen molar-refractivity contribution in [3.8, 4) is 0 Å². The maximum absolute atomic E-state index is 12.0. The number of nitrogens with zero attached hydrogens (tertiary/aromatic N) is 2. The molecule has 0 aliphatic carbocycles. The molecule has 1 aromatic rings. The maximum Gasteiger partial charge on any atom is 0.283 e. The molecule has 19 heavy (non-hydrogen) atoms. The van der Waals surface area contributed by atoms with Gasteiger partial charge in [-0.05, 0) is 36.2 Å². The van der Waals surface area contributed by atoms with Crippen LogP contribution in [0, 0.1) is 0 Å². The highest BCUT2D eigenvalue weighted by atomic mass is 79.9. The second-order valence-corrected chi connectivity index (χ2v) is 5.19. The van der Waals surface area contributed by atoms with Gasteiger partial charge in [0.1, 0.15) is 4.47 Å². The lowest BCUT2D eigenvalue weighted by atomic mass is 10.3. The first-order valence-corrected chi connectivity index (χ1v) is 7.50. The van der Waals surface area contributed by atoms with Crippen molar-refractivity contribution in [3.63, 3.8) is 0 Å². The predicted octanol–water partition coefficient (Wildman–Crippen LogP) is 2.64. The third-order valence-electron chi connectivity index (χ3n) is 2.74. The Morgan fingerprint density at radius 1 is 1.53 bits per heavy atom. The predicted molar refractivity (Wildman–Crippen MR) is 80.7 cm³/mol. The lowest BCUT2D eigenvalue weighted by Crippen LogP contribution is -2.26. The van der Waals surface area contributed by atoms with Crippen LogP contribution in [0.4, 0.5) is 5.69 Å². The molecule has 0 saturated carbocycles. The molecular weight excluding hydrogens is 310 g/mol. The number of anilines is 1. The van der Waals surface area contributed by atoms with Gasteiger partial charge in [0.2, 0.25) is 0 Å². The highest BCUT2D eigenvalue weighted by Gasteiger charge is 2.09. The van der Waals surface area contributed by atoms with Gasteiger partial charge in [-0.2, -0.15) is 5.10 Å². The first-order valence-electron chi connectivity index (χ1n) is 6.71. The molecule has 1 rings (SSSR count). The number of nitrogens with one attached hydrogen (secondary N) is 1. The van der Waals surface area contributed by atoms with Crippen molar-refractivity contribution in [2.45, 2.75) is 46.3 Å². The minimum absolute atomic E-state index is 0.0949. The third-order valence-corrected chi connectivity index (χ3v) is 3.51. The van der Waals surface area contributed by atoms with Crippen LogP contribution in [0.15, 0.2) is 15.5 Å². The summed E-state index contributed by atoms with van der Waals surface area (Å²) in [5.74, 6) is 0. The van der Waals surface area contributed by atoms with Crippen molar-refractivity contribution in [3.05, 3.63) is 21.0 Å². The molecule has 6 heteroatoms. The van der Waals surface area contributed by atoms with E-state index in [0.29, 0.717) is 29.9 Å². The van der Waals surface area contributed by atoms with Gasteiger partial charge < -0.3 is 10.1 Å². The van der Waals surface area contributed by atoms with Gasteiger partial charge in [-0.3, -0.25) is 4.79 Å². The fourth-order valence-electron chi connectivity index (χ4n) is 1.65. The average Bonchev–Trinajstić information content (AvgIpc) is 2.40. The molecule has 0 saturated heterocycles. The second-order valence-electron chi connectivity index (χ2n) is 4.40. The summed E-state index contributed by atoms with van der Waals surface area (Å²) in [5, 5.41) is 7.35. The number of hydrogen-bond acceptors (Lipinski definition) is 4. The zero-order valence-corrected chi connectivity index (χ0v) is 13.4. The average molecular weight is 332 g/mol. The number of ether oxygens (including phenoxy) is 1. The van der Waals surface area contributed by atoms with E-state index in [1.54, 1.807) is 6.20 Å². The third kappa shape index (κ3) is 4.95. The summed E-state index contributed by atoms with van der Waals surface area (Å²) in [7, 11) is 0. The van der Waals surface area contributed by atoms with E-state index in [1.807, 2.05) is 13.8 Å². The summed E-state index contributed by atoms with van der Waals surface area (Å²) in [4.78, 5) is 12.0. The topological polar surface area (TPSA) is 56.1 Å². The van der Waals surface area contributed by atoms with Crippen LogP contribution in [-0.2, 0) is 11.3 Å². The van der Waals surface area contributed by atoms with Gasteiger partial charge in [0.15, 0.2) is 0 Å². The van der Waals surface area contributed by atoms with Crippen molar-refractivity contribution in [2.24, 2.45) is 0 Å². The van der Waals surface area contributed by atoms with Gasteiger partial charge in [0, 0.05) is 19.7 Å². The molecular formula is C13H22BrN3O2. The Morgan fingerprint density at radius 3 is 2.89 bits per heavy atom. The highest BCUT2D eigenvalue weighted by Crippen LogP contribution is 2.16. The normalized spacial score (nSPS) is 12.4. The van der Waals surface area contributed by atoms with Gasteiger partial charge in [-0.25, -0.2) is 4.68 Å². The number of rotatable bonds is 8. The van der Waals surface area contributed by atoms with E-state index in [-0.39, 0.29) is 11.7 Å². The molecule has 0 aromatic carbocycles. The fraction of sp³-hybridized carbons (Fsp3) is 0.692. The van der Waals surface area contributed by atoms with E-state index in [4.69, 9.17) is 4.74 Å². The minimum Gasteiger partial charge on any atom is -0.380 e. The molecule has 0 amide bonds. The maximum atomic E-state index is 12.0. The minimum atomic E-state index is -0.0949. The van der Waals surface area contributed by atoms with Crippen molar-refractivity contribution in [1.29, 1.82) is 0 Å². The van der Waals surface area contributed by atoms with Crippen LogP contribution in [0.2, 0.25) is 0 Å². The molecule has 0 fully saturated rings. The van der Waals surface area contributed by atoms with Crippen LogP contribution in [0.25, 0.3) is 0 Å². The molecule has 1 aromatic heterocycles. The van der Waals surface area contributed by atoms with Crippen LogP contribution in [0.3, 0.4) is 0 Å². The Bertz CT molecular complexity index is 448. The molecule has 0 aliphatic rings. The summed E-state index contributed by atoms with van der Waals surface area (Å²) in [5.41, 5.74) is 0.617. The van der Waals surface area contributed by atoms with Crippen LogP contribution in [0.5, 0.6) is 0 Å². The van der Waals surface area contributed by atoms with Gasteiger partial charge in [0.05, 0.1) is 18.0 Å². The molecule has 1 N–H and O–H groups in total. The van der Waals surface area contributed by atoms with Crippen LogP contribution in [-0.4, -0.2) is 29.0 Å². The SMILES string of the molecule is CCCCn1ncc(NCC(C)OCC)c(Br)c1=O. The smallest absolute Gasteiger partial charge is 0.283 e. The van der Waals surface area contributed by atoms with Crippen molar-refractivity contribution in [2.75, 3.05) is 18.5 Å². The molecule has 108 valence electrons. The molecule has 1 unspecified atom stereocenters. The van der Waals surface area contributed by atoms with E-state index in [0.717, 1.165) is 12.8 Å². The summed E-state index contributed by atoms with van der Waals surface area (Å²) in [6.07, 6.45) is 3.77. The summed E-state index contributed by atoms with van der Waals surface area (Å²) in [6, 6.07) is 0. The number of aryl methyl sites for hydroxylation is 1. The molecule has 0 bridgehead atoms. The van der Waals surface area contributed by atoms with Gasteiger partial charge in [-0.1, -0.05) is 13.3 Å². The first-order chi connectivity index (χ1) is 9.10. The molecule has 5 nitrogen and oxygen atoms in total. The lowest BCUT2D eigenvalue weighted by Gasteiger charge is -2.14. The standard InChI is InChI=1S/C13H22BrN3O2/c1-4-6-7-17-13(18)12(14)11(9-16-17)15-8-10(3)19-5-2/h9-10,15H,4-8H2,1-3H3. The van der Waals surface area contributed by atoms with Gasteiger partial charge >= 0.3 is 0 Å². The zero-order chi connectivity index (χ0) is 14.3. The Morgan fingerprint density at radius 2 is 2.26 bits per heavy atom. The zero-order valence-electron chi connectivity index (χ0n) is 11.8. The number of unbranched alkanes of at least 4 members (excludes halogenated alkanes) is 1.